The molecule has 4 rings (SSSR count). The minimum Gasteiger partial charge on any atom is -0.497 e. The maximum absolute atomic E-state index is 12.1. The van der Waals surface area contributed by atoms with Crippen LogP contribution in [0.15, 0.2) is 42.5 Å². The van der Waals surface area contributed by atoms with E-state index < -0.39 is 0 Å². The van der Waals surface area contributed by atoms with Crippen LogP contribution in [0.1, 0.15) is 44.2 Å². The Morgan fingerprint density at radius 2 is 1.88 bits per heavy atom. The highest BCUT2D eigenvalue weighted by Crippen LogP contribution is 2.35. The SMILES string of the molecule is CCN(C(C)=O)[C@H](C)CO[C@@H]1CNC[C@H](OCc2ccc3c(c2)N(CCCOC)CCO3)[C@H]1c1ccc(OC)cc1. The number of ether oxygens (including phenoxy) is 5. The molecule has 2 aromatic carbocycles. The number of benzene rings is 2. The summed E-state index contributed by atoms with van der Waals surface area (Å²) in [6.45, 7) is 11.9. The first-order chi connectivity index (χ1) is 19.9. The number of hydrogen-bond acceptors (Lipinski definition) is 8. The van der Waals surface area contributed by atoms with Crippen molar-refractivity contribution in [3.05, 3.63) is 53.6 Å². The number of hydrogen-bond donors (Lipinski definition) is 1. The van der Waals surface area contributed by atoms with Crippen molar-refractivity contribution in [1.29, 1.82) is 0 Å². The predicted molar refractivity (Wildman–Crippen MR) is 160 cm³/mol. The van der Waals surface area contributed by atoms with Crippen molar-refractivity contribution in [2.75, 3.05) is 71.7 Å². The van der Waals surface area contributed by atoms with Gasteiger partial charge in [-0.3, -0.25) is 4.79 Å². The van der Waals surface area contributed by atoms with Gasteiger partial charge < -0.3 is 38.8 Å². The summed E-state index contributed by atoms with van der Waals surface area (Å²) < 4.78 is 29.8. The van der Waals surface area contributed by atoms with Crippen LogP contribution in [0.25, 0.3) is 0 Å². The fourth-order valence-corrected chi connectivity index (χ4v) is 5.88. The highest BCUT2D eigenvalue weighted by Gasteiger charge is 2.36. The summed E-state index contributed by atoms with van der Waals surface area (Å²) in [4.78, 5) is 16.3. The average molecular weight is 570 g/mol. The second-order valence-electron chi connectivity index (χ2n) is 10.8. The molecule has 0 saturated carbocycles. The molecule has 2 aromatic rings. The third-order valence-electron chi connectivity index (χ3n) is 8.04. The van der Waals surface area contributed by atoms with Crippen LogP contribution in [0.4, 0.5) is 5.69 Å². The van der Waals surface area contributed by atoms with Gasteiger partial charge in [0.25, 0.3) is 0 Å². The molecule has 1 saturated heterocycles. The van der Waals surface area contributed by atoms with Gasteiger partial charge in [-0.2, -0.15) is 0 Å². The van der Waals surface area contributed by atoms with E-state index in [2.05, 4.69) is 40.5 Å². The Morgan fingerprint density at radius 3 is 2.56 bits per heavy atom. The molecule has 9 heteroatoms. The Morgan fingerprint density at radius 1 is 1.12 bits per heavy atom. The number of likely N-dealkylation sites (N-methyl/N-ethyl adjacent to an activating group) is 1. The van der Waals surface area contributed by atoms with Crippen molar-refractivity contribution < 1.29 is 28.5 Å². The molecule has 0 aromatic heterocycles. The molecule has 0 spiro atoms. The van der Waals surface area contributed by atoms with Crippen molar-refractivity contribution in [2.24, 2.45) is 0 Å². The third kappa shape index (κ3) is 8.13. The van der Waals surface area contributed by atoms with Crippen LogP contribution >= 0.6 is 0 Å². The highest BCUT2D eigenvalue weighted by molar-refractivity contribution is 5.73. The second kappa shape index (κ2) is 15.4. The van der Waals surface area contributed by atoms with Gasteiger partial charge in [0.2, 0.25) is 5.91 Å². The van der Waals surface area contributed by atoms with Crippen LogP contribution in [0.5, 0.6) is 11.5 Å². The van der Waals surface area contributed by atoms with Crippen molar-refractivity contribution >= 4 is 11.6 Å². The zero-order valence-corrected chi connectivity index (χ0v) is 25.3. The van der Waals surface area contributed by atoms with Gasteiger partial charge in [-0.15, -0.1) is 0 Å². The van der Waals surface area contributed by atoms with Crippen molar-refractivity contribution in [3.8, 4) is 11.5 Å². The molecular formula is C32H47N3O6. The van der Waals surface area contributed by atoms with Gasteiger partial charge in [0.1, 0.15) is 18.1 Å². The largest absolute Gasteiger partial charge is 0.497 e. The number of piperidine rings is 1. The fraction of sp³-hybridized carbons (Fsp3) is 0.594. The van der Waals surface area contributed by atoms with Crippen LogP contribution in [0.2, 0.25) is 0 Å². The van der Waals surface area contributed by atoms with Crippen LogP contribution in [-0.4, -0.2) is 95.8 Å². The maximum Gasteiger partial charge on any atom is 0.219 e. The second-order valence-corrected chi connectivity index (χ2v) is 10.8. The molecule has 1 N–H and O–H groups in total. The van der Waals surface area contributed by atoms with E-state index in [0.717, 1.165) is 61.0 Å². The minimum absolute atomic E-state index is 0.0140. The number of anilines is 1. The number of carbonyl (C=O) groups excluding carboxylic acids is 1. The van der Waals surface area contributed by atoms with E-state index in [1.165, 1.54) is 0 Å². The van der Waals surface area contributed by atoms with E-state index in [1.807, 2.05) is 30.9 Å². The fourth-order valence-electron chi connectivity index (χ4n) is 5.88. The van der Waals surface area contributed by atoms with E-state index in [4.69, 9.17) is 23.7 Å². The molecule has 2 heterocycles. The van der Waals surface area contributed by atoms with Gasteiger partial charge in [-0.1, -0.05) is 18.2 Å². The average Bonchev–Trinajstić information content (AvgIpc) is 2.99. The Labute approximate surface area is 245 Å². The van der Waals surface area contributed by atoms with Gasteiger partial charge >= 0.3 is 0 Å². The number of fused-ring (bicyclic) bond motifs is 1. The predicted octanol–water partition coefficient (Wildman–Crippen LogP) is 3.84. The molecule has 2 aliphatic rings. The Bertz CT molecular complexity index is 1100. The molecule has 0 unspecified atom stereocenters. The van der Waals surface area contributed by atoms with Gasteiger partial charge in [0, 0.05) is 52.7 Å². The van der Waals surface area contributed by atoms with Gasteiger partial charge in [0.05, 0.1) is 50.8 Å². The van der Waals surface area contributed by atoms with Crippen molar-refractivity contribution in [3.63, 3.8) is 0 Å². The van der Waals surface area contributed by atoms with Crippen molar-refractivity contribution in [1.82, 2.24) is 10.2 Å². The summed E-state index contributed by atoms with van der Waals surface area (Å²) in [6.07, 6.45) is 0.761. The zero-order chi connectivity index (χ0) is 29.2. The standard InChI is InChI=1S/C32H47N3O6/c1-6-35(24(3)36)23(2)21-40-30-19-33-20-31(32(30)26-9-11-27(38-5)12-10-26)41-22-25-8-13-29-28(18-25)34(15-17-39-29)14-7-16-37-4/h8-13,18,23,30-33H,6-7,14-17,19-22H2,1-5H3/t23-,30-,31+,32+/m1/s1. The normalized spacial score (nSPS) is 21.1. The number of carbonyl (C=O) groups is 1. The first kappa shape index (κ1) is 31.1. The molecule has 4 atom stereocenters. The molecule has 41 heavy (non-hydrogen) atoms. The third-order valence-corrected chi connectivity index (χ3v) is 8.04. The lowest BCUT2D eigenvalue weighted by Gasteiger charge is -2.40. The summed E-state index contributed by atoms with van der Waals surface area (Å²) in [5.41, 5.74) is 3.37. The number of methoxy groups -OCH3 is 2. The Balaban J connectivity index is 1.49. The van der Waals surface area contributed by atoms with Crippen molar-refractivity contribution in [2.45, 2.75) is 58.0 Å². The summed E-state index contributed by atoms with van der Waals surface area (Å²) >= 11 is 0. The number of rotatable bonds is 14. The topological polar surface area (TPSA) is 81.7 Å². The van der Waals surface area contributed by atoms with E-state index in [1.54, 1.807) is 21.1 Å². The van der Waals surface area contributed by atoms with E-state index in [-0.39, 0.29) is 30.1 Å². The molecule has 1 fully saturated rings. The zero-order valence-electron chi connectivity index (χ0n) is 25.3. The van der Waals surface area contributed by atoms with Crippen LogP contribution < -0.4 is 19.7 Å². The highest BCUT2D eigenvalue weighted by atomic mass is 16.5. The van der Waals surface area contributed by atoms with E-state index in [0.29, 0.717) is 32.9 Å². The smallest absolute Gasteiger partial charge is 0.219 e. The van der Waals surface area contributed by atoms with E-state index >= 15 is 0 Å². The lowest BCUT2D eigenvalue weighted by molar-refractivity contribution is -0.133. The minimum atomic E-state index is -0.108. The number of nitrogens with zero attached hydrogens (tertiary/aromatic N) is 2. The molecule has 2 aliphatic heterocycles. The molecule has 1 amide bonds. The quantitative estimate of drug-likeness (QED) is 0.344. The Kier molecular flexibility index (Phi) is 11.7. The summed E-state index contributed by atoms with van der Waals surface area (Å²) in [5.74, 6) is 1.82. The van der Waals surface area contributed by atoms with Crippen LogP contribution in [0.3, 0.4) is 0 Å². The van der Waals surface area contributed by atoms with Gasteiger partial charge in [-0.25, -0.2) is 0 Å². The molecule has 0 radical (unpaired) electrons. The molecule has 9 nitrogen and oxygen atoms in total. The lowest BCUT2D eigenvalue weighted by Crippen LogP contribution is -2.51. The summed E-state index contributed by atoms with van der Waals surface area (Å²) in [5, 5.41) is 3.52. The first-order valence-corrected chi connectivity index (χ1v) is 14.8. The van der Waals surface area contributed by atoms with E-state index in [9.17, 15) is 4.79 Å². The summed E-state index contributed by atoms with van der Waals surface area (Å²) in [7, 11) is 3.42. The maximum atomic E-state index is 12.1. The monoisotopic (exact) mass is 569 g/mol. The van der Waals surface area contributed by atoms with Gasteiger partial charge in [0.15, 0.2) is 0 Å². The number of nitrogens with one attached hydrogen (secondary N) is 1. The number of amides is 1. The lowest BCUT2D eigenvalue weighted by atomic mass is 9.85. The van der Waals surface area contributed by atoms with Crippen LogP contribution in [0, 0.1) is 0 Å². The van der Waals surface area contributed by atoms with Crippen LogP contribution in [-0.2, 0) is 25.6 Å². The molecule has 226 valence electrons. The molecule has 0 aliphatic carbocycles. The van der Waals surface area contributed by atoms with Gasteiger partial charge in [-0.05, 0) is 55.7 Å². The first-order valence-electron chi connectivity index (χ1n) is 14.8. The Hall–Kier alpha value is -2.85. The molecule has 0 bridgehead atoms. The molecular weight excluding hydrogens is 522 g/mol. The summed E-state index contributed by atoms with van der Waals surface area (Å²) in [6, 6.07) is 14.5.